The predicted molar refractivity (Wildman–Crippen MR) is 72.1 cm³/mol. The Morgan fingerprint density at radius 3 is 2.25 bits per heavy atom. The minimum absolute atomic E-state index is 0.285. The van der Waals surface area contributed by atoms with Gasteiger partial charge in [-0.05, 0) is 23.8 Å². The van der Waals surface area contributed by atoms with Gasteiger partial charge in [0.25, 0.3) is 0 Å². The van der Waals surface area contributed by atoms with Crippen molar-refractivity contribution in [3.63, 3.8) is 0 Å². The molecular weight excluding hydrogens is 338 g/mol. The molecule has 16 heavy (non-hydrogen) atoms. The van der Waals surface area contributed by atoms with Crippen molar-refractivity contribution < 1.29 is 9.47 Å². The maximum absolute atomic E-state index is 5.03. The SMILES string of the molecule is COC(CN=Cc1cc(Br)cc(Br)c1)OC. The van der Waals surface area contributed by atoms with E-state index < -0.39 is 0 Å². The highest BCUT2D eigenvalue weighted by Crippen LogP contribution is 2.19. The molecular formula is C11H13Br2NO2. The fraction of sp³-hybridized carbons (Fsp3) is 0.364. The van der Waals surface area contributed by atoms with Crippen molar-refractivity contribution in [1.29, 1.82) is 0 Å². The summed E-state index contributed by atoms with van der Waals surface area (Å²) in [6.45, 7) is 0.483. The fourth-order valence-electron chi connectivity index (χ4n) is 1.14. The number of halogens is 2. The summed E-state index contributed by atoms with van der Waals surface area (Å²) in [6.07, 6.45) is 1.51. The van der Waals surface area contributed by atoms with Crippen LogP contribution in [0.4, 0.5) is 0 Å². The van der Waals surface area contributed by atoms with Crippen LogP contribution in [0, 0.1) is 0 Å². The largest absolute Gasteiger partial charge is 0.354 e. The molecule has 0 atom stereocenters. The third kappa shape index (κ3) is 4.74. The Balaban J connectivity index is 2.62. The van der Waals surface area contributed by atoms with Gasteiger partial charge in [0.1, 0.15) is 0 Å². The molecule has 3 nitrogen and oxygen atoms in total. The van der Waals surface area contributed by atoms with Crippen LogP contribution in [0.5, 0.6) is 0 Å². The summed E-state index contributed by atoms with van der Waals surface area (Å²) >= 11 is 6.84. The molecule has 0 spiro atoms. The number of ether oxygens (including phenoxy) is 2. The van der Waals surface area contributed by atoms with Crippen LogP contribution in [-0.2, 0) is 9.47 Å². The van der Waals surface area contributed by atoms with Crippen molar-refractivity contribution in [2.24, 2.45) is 4.99 Å². The Bertz CT molecular complexity index is 345. The average molecular weight is 351 g/mol. The van der Waals surface area contributed by atoms with E-state index in [0.717, 1.165) is 14.5 Å². The Hall–Kier alpha value is -0.230. The Labute approximate surface area is 112 Å². The summed E-state index contributed by atoms with van der Waals surface area (Å²) in [4.78, 5) is 4.25. The molecule has 0 heterocycles. The van der Waals surface area contributed by atoms with Crippen molar-refractivity contribution >= 4 is 38.1 Å². The van der Waals surface area contributed by atoms with E-state index in [1.807, 2.05) is 18.2 Å². The summed E-state index contributed by atoms with van der Waals surface area (Å²) in [7, 11) is 3.19. The highest BCUT2D eigenvalue weighted by Gasteiger charge is 2.01. The lowest BCUT2D eigenvalue weighted by molar-refractivity contribution is -0.0936. The monoisotopic (exact) mass is 349 g/mol. The van der Waals surface area contributed by atoms with E-state index in [-0.39, 0.29) is 6.29 Å². The predicted octanol–water partition coefficient (Wildman–Crippen LogP) is 3.25. The van der Waals surface area contributed by atoms with Crippen LogP contribution in [0.3, 0.4) is 0 Å². The third-order valence-corrected chi connectivity index (χ3v) is 2.82. The van der Waals surface area contributed by atoms with Crippen molar-refractivity contribution in [2.45, 2.75) is 6.29 Å². The molecule has 1 rings (SSSR count). The first kappa shape index (κ1) is 13.8. The van der Waals surface area contributed by atoms with E-state index in [1.165, 1.54) is 0 Å². The van der Waals surface area contributed by atoms with Gasteiger partial charge in [-0.2, -0.15) is 0 Å². The minimum Gasteiger partial charge on any atom is -0.354 e. The van der Waals surface area contributed by atoms with Crippen LogP contribution in [0.1, 0.15) is 5.56 Å². The van der Waals surface area contributed by atoms with Crippen LogP contribution in [0.15, 0.2) is 32.1 Å². The molecule has 0 bridgehead atoms. The lowest BCUT2D eigenvalue weighted by atomic mass is 10.2. The van der Waals surface area contributed by atoms with E-state index in [9.17, 15) is 0 Å². The van der Waals surface area contributed by atoms with E-state index in [2.05, 4.69) is 36.9 Å². The lowest BCUT2D eigenvalue weighted by Gasteiger charge is -2.09. The van der Waals surface area contributed by atoms with E-state index >= 15 is 0 Å². The zero-order valence-corrected chi connectivity index (χ0v) is 12.3. The summed E-state index contributed by atoms with van der Waals surface area (Å²) in [6, 6.07) is 5.95. The lowest BCUT2D eigenvalue weighted by Crippen LogP contribution is -2.16. The van der Waals surface area contributed by atoms with Gasteiger partial charge in [0.05, 0.1) is 6.54 Å². The molecule has 0 saturated carbocycles. The normalized spacial score (nSPS) is 11.6. The molecule has 0 N–H and O–H groups in total. The first-order valence-electron chi connectivity index (χ1n) is 4.67. The molecule has 88 valence electrons. The molecule has 0 fully saturated rings. The molecule has 0 amide bonds. The topological polar surface area (TPSA) is 30.8 Å². The van der Waals surface area contributed by atoms with Gasteiger partial charge in [0.15, 0.2) is 6.29 Å². The third-order valence-electron chi connectivity index (χ3n) is 1.91. The molecule has 5 heteroatoms. The van der Waals surface area contributed by atoms with Gasteiger partial charge in [0, 0.05) is 29.4 Å². The number of benzene rings is 1. The van der Waals surface area contributed by atoms with Gasteiger partial charge < -0.3 is 9.47 Å². The molecule has 0 radical (unpaired) electrons. The van der Waals surface area contributed by atoms with Crippen LogP contribution < -0.4 is 0 Å². The molecule has 0 unspecified atom stereocenters. The number of hydrogen-bond acceptors (Lipinski definition) is 3. The first-order chi connectivity index (χ1) is 7.65. The van der Waals surface area contributed by atoms with Gasteiger partial charge in [-0.25, -0.2) is 0 Å². The number of methoxy groups -OCH3 is 2. The standard InChI is InChI=1S/C11H13Br2NO2/c1-15-11(16-2)7-14-6-8-3-9(12)5-10(13)4-8/h3-6,11H,7H2,1-2H3. The quantitative estimate of drug-likeness (QED) is 0.602. The van der Waals surface area contributed by atoms with Gasteiger partial charge in [-0.15, -0.1) is 0 Å². The smallest absolute Gasteiger partial charge is 0.176 e. The Morgan fingerprint density at radius 1 is 1.19 bits per heavy atom. The van der Waals surface area contributed by atoms with E-state index in [0.29, 0.717) is 6.54 Å². The van der Waals surface area contributed by atoms with Gasteiger partial charge >= 0.3 is 0 Å². The molecule has 0 saturated heterocycles. The number of nitrogens with zero attached hydrogens (tertiary/aromatic N) is 1. The van der Waals surface area contributed by atoms with Crippen molar-refractivity contribution in [3.8, 4) is 0 Å². The van der Waals surface area contributed by atoms with Crippen molar-refractivity contribution in [2.75, 3.05) is 20.8 Å². The van der Waals surface area contributed by atoms with E-state index in [1.54, 1.807) is 20.4 Å². The van der Waals surface area contributed by atoms with Crippen LogP contribution in [0.25, 0.3) is 0 Å². The highest BCUT2D eigenvalue weighted by atomic mass is 79.9. The molecule has 1 aromatic rings. The summed E-state index contributed by atoms with van der Waals surface area (Å²) in [5.41, 5.74) is 1.02. The molecule has 1 aromatic carbocycles. The number of aliphatic imine (C=N–C) groups is 1. The Kier molecular flexibility index (Phi) is 6.20. The van der Waals surface area contributed by atoms with Crippen LogP contribution in [0.2, 0.25) is 0 Å². The second kappa shape index (κ2) is 7.17. The summed E-state index contributed by atoms with van der Waals surface area (Å²) in [5, 5.41) is 0. The number of rotatable bonds is 5. The summed E-state index contributed by atoms with van der Waals surface area (Å²) in [5.74, 6) is 0. The van der Waals surface area contributed by atoms with Gasteiger partial charge in [-0.1, -0.05) is 31.9 Å². The molecule has 0 aliphatic carbocycles. The highest BCUT2D eigenvalue weighted by molar-refractivity contribution is 9.11. The second-order valence-corrected chi connectivity index (χ2v) is 4.93. The maximum Gasteiger partial charge on any atom is 0.176 e. The average Bonchev–Trinajstić information content (AvgIpc) is 2.23. The van der Waals surface area contributed by atoms with Gasteiger partial charge in [0.2, 0.25) is 0 Å². The zero-order valence-electron chi connectivity index (χ0n) is 9.11. The maximum atomic E-state index is 5.03. The molecule has 0 aliphatic heterocycles. The number of hydrogen-bond donors (Lipinski definition) is 0. The van der Waals surface area contributed by atoms with Crippen LogP contribution >= 0.6 is 31.9 Å². The van der Waals surface area contributed by atoms with Crippen molar-refractivity contribution in [1.82, 2.24) is 0 Å². The van der Waals surface area contributed by atoms with Gasteiger partial charge in [-0.3, -0.25) is 4.99 Å². The Morgan fingerprint density at radius 2 is 1.75 bits per heavy atom. The second-order valence-electron chi connectivity index (χ2n) is 3.10. The first-order valence-corrected chi connectivity index (χ1v) is 6.26. The fourth-order valence-corrected chi connectivity index (χ4v) is 2.47. The minimum atomic E-state index is -0.285. The van der Waals surface area contributed by atoms with E-state index in [4.69, 9.17) is 9.47 Å². The van der Waals surface area contributed by atoms with Crippen molar-refractivity contribution in [3.05, 3.63) is 32.7 Å². The zero-order chi connectivity index (χ0) is 12.0. The molecule has 0 aromatic heterocycles. The summed E-state index contributed by atoms with van der Waals surface area (Å²) < 4.78 is 12.1. The van der Waals surface area contributed by atoms with Crippen LogP contribution in [-0.4, -0.2) is 33.3 Å². The molecule has 0 aliphatic rings.